The zero-order valence-electron chi connectivity index (χ0n) is 13.1. The first-order valence-electron chi connectivity index (χ1n) is 7.28. The molecule has 3 rings (SSSR count). The molecule has 0 N–H and O–H groups in total. The Labute approximate surface area is 142 Å². The average Bonchev–Trinajstić information content (AvgIpc) is 3.06. The van der Waals surface area contributed by atoms with Crippen LogP contribution in [0.3, 0.4) is 0 Å². The van der Waals surface area contributed by atoms with Gasteiger partial charge in [0.2, 0.25) is 6.79 Å². The molecule has 0 bridgehead atoms. The molecule has 2 amide bonds. The van der Waals surface area contributed by atoms with Gasteiger partial charge in [0.1, 0.15) is 6.54 Å². The Bertz CT molecular complexity index is 742. The van der Waals surface area contributed by atoms with E-state index in [1.807, 2.05) is 0 Å². The third kappa shape index (κ3) is 3.38. The molecule has 2 heterocycles. The Kier molecular flexibility index (Phi) is 4.48. The van der Waals surface area contributed by atoms with Crippen molar-refractivity contribution >= 4 is 35.0 Å². The van der Waals surface area contributed by atoms with Crippen LogP contribution in [0.25, 0.3) is 6.08 Å². The molecule has 1 fully saturated rings. The van der Waals surface area contributed by atoms with Gasteiger partial charge in [-0.15, -0.1) is 0 Å². The lowest BCUT2D eigenvalue weighted by Crippen LogP contribution is -2.35. The van der Waals surface area contributed by atoms with Crippen LogP contribution in [-0.4, -0.2) is 41.5 Å². The van der Waals surface area contributed by atoms with Crippen molar-refractivity contribution in [3.8, 4) is 11.5 Å². The van der Waals surface area contributed by atoms with E-state index >= 15 is 0 Å². The Morgan fingerprint density at radius 3 is 2.83 bits per heavy atom. The molecule has 24 heavy (non-hydrogen) atoms. The fourth-order valence-electron chi connectivity index (χ4n) is 2.22. The summed E-state index contributed by atoms with van der Waals surface area (Å²) in [5, 5.41) is -0.493. The first-order valence-corrected chi connectivity index (χ1v) is 8.10. The molecular weight excluding hydrogens is 334 g/mol. The van der Waals surface area contributed by atoms with Gasteiger partial charge in [-0.05, 0) is 49.4 Å². The Morgan fingerprint density at radius 2 is 2.08 bits per heavy atom. The van der Waals surface area contributed by atoms with Crippen LogP contribution in [0.4, 0.5) is 4.79 Å². The zero-order valence-corrected chi connectivity index (χ0v) is 13.9. The molecule has 0 radical (unpaired) electrons. The fraction of sp³-hybridized carbons (Fsp3) is 0.312. The van der Waals surface area contributed by atoms with E-state index < -0.39 is 17.1 Å². The first kappa shape index (κ1) is 16.4. The first-order chi connectivity index (χ1) is 11.4. The molecule has 2 aliphatic heterocycles. The topological polar surface area (TPSA) is 82.1 Å². The van der Waals surface area contributed by atoms with E-state index in [-0.39, 0.29) is 24.3 Å². The van der Waals surface area contributed by atoms with Crippen LogP contribution in [0.5, 0.6) is 11.5 Å². The van der Waals surface area contributed by atoms with E-state index in [2.05, 4.69) is 0 Å². The highest BCUT2D eigenvalue weighted by Gasteiger charge is 2.36. The predicted octanol–water partition coefficient (Wildman–Crippen LogP) is 2.40. The minimum absolute atomic E-state index is 0.160. The van der Waals surface area contributed by atoms with Crippen LogP contribution < -0.4 is 9.47 Å². The maximum absolute atomic E-state index is 12.3. The number of ether oxygens (including phenoxy) is 3. The van der Waals surface area contributed by atoms with Crippen LogP contribution >= 0.6 is 11.8 Å². The van der Waals surface area contributed by atoms with E-state index in [1.165, 1.54) is 0 Å². The maximum Gasteiger partial charge on any atom is 0.326 e. The molecule has 7 nitrogen and oxygen atoms in total. The van der Waals surface area contributed by atoms with Gasteiger partial charge in [-0.3, -0.25) is 19.3 Å². The van der Waals surface area contributed by atoms with Gasteiger partial charge in [0.15, 0.2) is 11.5 Å². The summed E-state index contributed by atoms with van der Waals surface area (Å²) in [5.41, 5.74) is 0.703. The van der Waals surface area contributed by atoms with E-state index in [1.54, 1.807) is 38.1 Å². The molecule has 0 spiro atoms. The van der Waals surface area contributed by atoms with Crippen LogP contribution in [0.2, 0.25) is 0 Å². The second-order valence-electron chi connectivity index (χ2n) is 5.42. The Morgan fingerprint density at radius 1 is 1.33 bits per heavy atom. The number of imide groups is 1. The Hall–Kier alpha value is -2.48. The molecule has 126 valence electrons. The summed E-state index contributed by atoms with van der Waals surface area (Å²) in [6, 6.07) is 5.22. The van der Waals surface area contributed by atoms with Crippen molar-refractivity contribution in [3.05, 3.63) is 28.7 Å². The molecule has 1 saturated heterocycles. The van der Waals surface area contributed by atoms with E-state index in [0.29, 0.717) is 17.1 Å². The lowest BCUT2D eigenvalue weighted by atomic mass is 10.2. The summed E-state index contributed by atoms with van der Waals surface area (Å²) in [4.78, 5) is 37.1. The van der Waals surface area contributed by atoms with Gasteiger partial charge in [0.05, 0.1) is 11.0 Å². The number of esters is 1. The summed E-state index contributed by atoms with van der Waals surface area (Å²) in [7, 11) is 0. The summed E-state index contributed by atoms with van der Waals surface area (Å²) < 4.78 is 15.5. The second-order valence-corrected chi connectivity index (χ2v) is 6.41. The average molecular weight is 349 g/mol. The van der Waals surface area contributed by atoms with Gasteiger partial charge >= 0.3 is 5.97 Å². The van der Waals surface area contributed by atoms with Crippen molar-refractivity contribution in [1.82, 2.24) is 4.90 Å². The van der Waals surface area contributed by atoms with Crippen molar-refractivity contribution in [1.29, 1.82) is 0 Å². The number of carbonyl (C=O) groups excluding carboxylic acids is 3. The molecule has 1 aromatic rings. The van der Waals surface area contributed by atoms with Crippen molar-refractivity contribution in [2.24, 2.45) is 0 Å². The normalized spacial score (nSPS) is 18.0. The monoisotopic (exact) mass is 349 g/mol. The van der Waals surface area contributed by atoms with Crippen LogP contribution in [0.1, 0.15) is 19.4 Å². The summed E-state index contributed by atoms with van der Waals surface area (Å²) >= 11 is 0.789. The molecule has 8 heteroatoms. The van der Waals surface area contributed by atoms with Gasteiger partial charge < -0.3 is 14.2 Å². The summed E-state index contributed by atoms with van der Waals surface area (Å²) in [6.45, 7) is 3.17. The third-order valence-electron chi connectivity index (χ3n) is 3.22. The number of amides is 2. The minimum atomic E-state index is -0.614. The van der Waals surface area contributed by atoms with Gasteiger partial charge in [-0.25, -0.2) is 0 Å². The second kappa shape index (κ2) is 6.56. The SMILES string of the molecule is CC(C)OC(=O)CN1C(=O)S/C(=C\c2ccc3c(c2)OCO3)C1=O. The number of nitrogens with zero attached hydrogens (tertiary/aromatic N) is 1. The molecule has 1 aromatic carbocycles. The quantitative estimate of drug-likeness (QED) is 0.610. The number of thioether (sulfide) groups is 1. The smallest absolute Gasteiger partial charge is 0.326 e. The molecule has 0 unspecified atom stereocenters. The van der Waals surface area contributed by atoms with Gasteiger partial charge in [0, 0.05) is 0 Å². The highest BCUT2D eigenvalue weighted by Crippen LogP contribution is 2.36. The van der Waals surface area contributed by atoms with Crippen LogP contribution in [0.15, 0.2) is 23.1 Å². The van der Waals surface area contributed by atoms with Crippen molar-refractivity contribution in [2.75, 3.05) is 13.3 Å². The van der Waals surface area contributed by atoms with E-state index in [9.17, 15) is 14.4 Å². The zero-order chi connectivity index (χ0) is 17.3. The van der Waals surface area contributed by atoms with E-state index in [4.69, 9.17) is 14.2 Å². The highest BCUT2D eigenvalue weighted by atomic mass is 32.2. The molecular formula is C16H15NO6S. The lowest BCUT2D eigenvalue weighted by molar-refractivity contribution is -0.149. The molecule has 0 aliphatic carbocycles. The van der Waals surface area contributed by atoms with Crippen molar-refractivity contribution in [2.45, 2.75) is 20.0 Å². The van der Waals surface area contributed by atoms with Gasteiger partial charge in [0.25, 0.3) is 11.1 Å². The molecule has 0 saturated carbocycles. The minimum Gasteiger partial charge on any atom is -0.462 e. The number of fused-ring (bicyclic) bond motifs is 1. The highest BCUT2D eigenvalue weighted by molar-refractivity contribution is 8.18. The lowest BCUT2D eigenvalue weighted by Gasteiger charge is -2.13. The van der Waals surface area contributed by atoms with Crippen LogP contribution in [-0.2, 0) is 14.3 Å². The largest absolute Gasteiger partial charge is 0.462 e. The predicted molar refractivity (Wildman–Crippen MR) is 86.5 cm³/mol. The molecule has 0 aromatic heterocycles. The number of rotatable bonds is 4. The number of benzene rings is 1. The summed E-state index contributed by atoms with van der Waals surface area (Å²) in [5.74, 6) is 0.0974. The van der Waals surface area contributed by atoms with Crippen LogP contribution in [0, 0.1) is 0 Å². The molecule has 2 aliphatic rings. The fourth-order valence-corrected chi connectivity index (χ4v) is 3.06. The van der Waals surface area contributed by atoms with E-state index in [0.717, 1.165) is 16.7 Å². The van der Waals surface area contributed by atoms with Crippen molar-refractivity contribution in [3.63, 3.8) is 0 Å². The number of hydrogen-bond acceptors (Lipinski definition) is 7. The van der Waals surface area contributed by atoms with Gasteiger partial charge in [-0.1, -0.05) is 6.07 Å². The number of hydrogen-bond donors (Lipinski definition) is 0. The maximum atomic E-state index is 12.3. The third-order valence-corrected chi connectivity index (χ3v) is 4.13. The standard InChI is InChI=1S/C16H15NO6S/c1-9(2)23-14(18)7-17-15(19)13(24-16(17)20)6-10-3-4-11-12(5-10)22-8-21-11/h3-6,9H,7-8H2,1-2H3/b13-6-. The molecule has 0 atom stereocenters. The van der Waals surface area contributed by atoms with Gasteiger partial charge in [-0.2, -0.15) is 0 Å². The number of carbonyl (C=O) groups is 3. The Balaban J connectivity index is 1.74. The van der Waals surface area contributed by atoms with Crippen molar-refractivity contribution < 1.29 is 28.6 Å². The summed E-state index contributed by atoms with van der Waals surface area (Å²) in [6.07, 6.45) is 1.28.